The Morgan fingerprint density at radius 3 is 2.68 bits per heavy atom. The van der Waals surface area contributed by atoms with Gasteiger partial charge in [-0.3, -0.25) is 4.68 Å². The monoisotopic (exact) mass is 265 g/mol. The van der Waals surface area contributed by atoms with Crippen molar-refractivity contribution in [3.05, 3.63) is 18.0 Å². The van der Waals surface area contributed by atoms with Crippen molar-refractivity contribution in [2.75, 3.05) is 13.7 Å². The van der Waals surface area contributed by atoms with Gasteiger partial charge in [-0.2, -0.15) is 5.10 Å². The predicted molar refractivity (Wildman–Crippen MR) is 77.1 cm³/mol. The molecule has 1 N–H and O–H groups in total. The molecule has 1 aromatic heterocycles. The lowest BCUT2D eigenvalue weighted by Gasteiger charge is -2.36. The summed E-state index contributed by atoms with van der Waals surface area (Å²) in [6.45, 7) is 6.26. The minimum absolute atomic E-state index is 0.0449. The third kappa shape index (κ3) is 3.00. The molecule has 1 heterocycles. The van der Waals surface area contributed by atoms with E-state index in [2.05, 4.69) is 30.5 Å². The van der Waals surface area contributed by atoms with Gasteiger partial charge in [0.25, 0.3) is 0 Å². The van der Waals surface area contributed by atoms with E-state index in [1.165, 1.54) is 18.4 Å². The van der Waals surface area contributed by atoms with Crippen LogP contribution in [0.4, 0.5) is 0 Å². The Bertz CT molecular complexity index is 382. The average molecular weight is 265 g/mol. The van der Waals surface area contributed by atoms with Crippen LogP contribution in [0.25, 0.3) is 0 Å². The molecule has 108 valence electrons. The first-order valence-corrected chi connectivity index (χ1v) is 7.56. The Kier molecular flexibility index (Phi) is 4.99. The highest BCUT2D eigenvalue weighted by molar-refractivity contribution is 5.17. The number of hydrogen-bond acceptors (Lipinski definition) is 3. The number of nitrogens with one attached hydrogen (secondary N) is 1. The molecule has 4 heteroatoms. The highest BCUT2D eigenvalue weighted by Crippen LogP contribution is 2.42. The normalized spacial score (nSPS) is 19.7. The van der Waals surface area contributed by atoms with Crippen LogP contribution in [-0.4, -0.2) is 29.0 Å². The lowest BCUT2D eigenvalue weighted by atomic mass is 9.88. The van der Waals surface area contributed by atoms with Gasteiger partial charge in [-0.1, -0.05) is 19.8 Å². The Labute approximate surface area is 116 Å². The zero-order valence-corrected chi connectivity index (χ0v) is 12.5. The fourth-order valence-electron chi connectivity index (χ4n) is 3.18. The molecular formula is C15H27N3O. The number of aromatic nitrogens is 2. The molecule has 1 atom stereocenters. The minimum Gasteiger partial charge on any atom is -0.376 e. The highest BCUT2D eigenvalue weighted by Gasteiger charge is 2.42. The topological polar surface area (TPSA) is 39.1 Å². The fraction of sp³-hybridized carbons (Fsp3) is 0.800. The van der Waals surface area contributed by atoms with Crippen LogP contribution in [-0.2, 0) is 11.3 Å². The van der Waals surface area contributed by atoms with Crippen molar-refractivity contribution in [1.82, 2.24) is 15.1 Å². The number of methoxy groups -OCH3 is 1. The first-order chi connectivity index (χ1) is 9.25. The number of nitrogens with zero attached hydrogens (tertiary/aromatic N) is 2. The number of rotatable bonds is 7. The van der Waals surface area contributed by atoms with Crippen LogP contribution in [0.2, 0.25) is 0 Å². The van der Waals surface area contributed by atoms with E-state index in [0.717, 1.165) is 32.4 Å². The second-order valence-corrected chi connectivity index (χ2v) is 5.49. The number of aryl methyl sites for hydroxylation is 1. The third-order valence-electron chi connectivity index (χ3n) is 4.29. The second kappa shape index (κ2) is 6.53. The largest absolute Gasteiger partial charge is 0.376 e. The Morgan fingerprint density at radius 2 is 2.16 bits per heavy atom. The summed E-state index contributed by atoms with van der Waals surface area (Å²) < 4.78 is 7.95. The van der Waals surface area contributed by atoms with E-state index in [4.69, 9.17) is 4.74 Å². The van der Waals surface area contributed by atoms with Crippen LogP contribution >= 0.6 is 0 Å². The molecule has 0 amide bonds. The van der Waals surface area contributed by atoms with Crippen molar-refractivity contribution in [3.8, 4) is 0 Å². The standard InChI is InChI=1S/C15H27N3O/c1-4-10-16-14(13-11-17-18(5-2)12-13)15(19-3)8-6-7-9-15/h11-12,14,16H,4-10H2,1-3H3. The van der Waals surface area contributed by atoms with Gasteiger partial charge < -0.3 is 10.1 Å². The van der Waals surface area contributed by atoms with Crippen LogP contribution < -0.4 is 5.32 Å². The molecule has 1 aromatic rings. The van der Waals surface area contributed by atoms with Crippen molar-refractivity contribution in [1.29, 1.82) is 0 Å². The summed E-state index contributed by atoms with van der Waals surface area (Å²) in [4.78, 5) is 0. The van der Waals surface area contributed by atoms with Gasteiger partial charge in [-0.05, 0) is 32.7 Å². The molecule has 0 spiro atoms. The fourth-order valence-corrected chi connectivity index (χ4v) is 3.18. The molecule has 0 aromatic carbocycles. The summed E-state index contributed by atoms with van der Waals surface area (Å²) in [5.74, 6) is 0. The van der Waals surface area contributed by atoms with Gasteiger partial charge >= 0.3 is 0 Å². The SMILES string of the molecule is CCCNC(c1cnn(CC)c1)C1(OC)CCCC1. The van der Waals surface area contributed by atoms with Crippen LogP contribution in [0.5, 0.6) is 0 Å². The molecule has 4 nitrogen and oxygen atoms in total. The summed E-state index contributed by atoms with van der Waals surface area (Å²) in [6.07, 6.45) is 10.1. The lowest BCUT2D eigenvalue weighted by Crippen LogP contribution is -2.43. The first kappa shape index (κ1) is 14.5. The number of ether oxygens (including phenoxy) is 1. The molecule has 0 aliphatic heterocycles. The summed E-state index contributed by atoms with van der Waals surface area (Å²) in [5.41, 5.74) is 1.22. The lowest BCUT2D eigenvalue weighted by molar-refractivity contribution is -0.0367. The maximum atomic E-state index is 5.96. The molecule has 1 aliphatic carbocycles. The maximum Gasteiger partial charge on any atom is 0.0873 e. The van der Waals surface area contributed by atoms with Crippen molar-refractivity contribution >= 4 is 0 Å². The van der Waals surface area contributed by atoms with Gasteiger partial charge in [0.1, 0.15) is 0 Å². The van der Waals surface area contributed by atoms with Gasteiger partial charge in [0.15, 0.2) is 0 Å². The van der Waals surface area contributed by atoms with Crippen molar-refractivity contribution in [2.45, 2.75) is 64.1 Å². The Hall–Kier alpha value is -0.870. The highest BCUT2D eigenvalue weighted by atomic mass is 16.5. The molecule has 0 radical (unpaired) electrons. The zero-order valence-electron chi connectivity index (χ0n) is 12.5. The van der Waals surface area contributed by atoms with Crippen molar-refractivity contribution in [3.63, 3.8) is 0 Å². The van der Waals surface area contributed by atoms with Crippen molar-refractivity contribution in [2.24, 2.45) is 0 Å². The summed E-state index contributed by atoms with van der Waals surface area (Å²) in [6, 6.07) is 0.264. The molecule has 0 saturated heterocycles. The molecule has 1 fully saturated rings. The van der Waals surface area contributed by atoms with E-state index < -0.39 is 0 Å². The molecule has 2 rings (SSSR count). The van der Waals surface area contributed by atoms with E-state index in [1.807, 2.05) is 18.0 Å². The predicted octanol–water partition coefficient (Wildman–Crippen LogP) is 2.90. The smallest absolute Gasteiger partial charge is 0.0873 e. The van der Waals surface area contributed by atoms with E-state index in [0.29, 0.717) is 0 Å². The second-order valence-electron chi connectivity index (χ2n) is 5.49. The average Bonchev–Trinajstić information content (AvgIpc) is 3.08. The first-order valence-electron chi connectivity index (χ1n) is 7.56. The Balaban J connectivity index is 2.23. The van der Waals surface area contributed by atoms with Crippen LogP contribution in [0.3, 0.4) is 0 Å². The zero-order chi connectivity index (χ0) is 13.7. The number of hydrogen-bond donors (Lipinski definition) is 1. The van der Waals surface area contributed by atoms with E-state index in [1.54, 1.807) is 0 Å². The van der Waals surface area contributed by atoms with E-state index >= 15 is 0 Å². The van der Waals surface area contributed by atoms with E-state index in [9.17, 15) is 0 Å². The minimum atomic E-state index is -0.0449. The molecular weight excluding hydrogens is 238 g/mol. The summed E-state index contributed by atoms with van der Waals surface area (Å²) >= 11 is 0. The van der Waals surface area contributed by atoms with E-state index in [-0.39, 0.29) is 11.6 Å². The van der Waals surface area contributed by atoms with Gasteiger partial charge in [-0.25, -0.2) is 0 Å². The third-order valence-corrected chi connectivity index (χ3v) is 4.29. The summed E-state index contributed by atoms with van der Waals surface area (Å²) in [5, 5.41) is 8.10. The van der Waals surface area contributed by atoms with Crippen LogP contribution in [0, 0.1) is 0 Å². The molecule has 19 heavy (non-hydrogen) atoms. The Morgan fingerprint density at radius 1 is 1.42 bits per heavy atom. The van der Waals surface area contributed by atoms with Crippen molar-refractivity contribution < 1.29 is 4.74 Å². The van der Waals surface area contributed by atoms with Gasteiger partial charge in [0, 0.05) is 25.4 Å². The molecule has 1 aliphatic rings. The van der Waals surface area contributed by atoms with Crippen LogP contribution in [0.15, 0.2) is 12.4 Å². The van der Waals surface area contributed by atoms with Crippen LogP contribution in [0.1, 0.15) is 57.6 Å². The molecule has 1 unspecified atom stereocenters. The summed E-state index contributed by atoms with van der Waals surface area (Å²) in [7, 11) is 1.86. The maximum absolute atomic E-state index is 5.96. The molecule has 0 bridgehead atoms. The quantitative estimate of drug-likeness (QED) is 0.824. The van der Waals surface area contributed by atoms with Gasteiger partial charge in [0.2, 0.25) is 0 Å². The van der Waals surface area contributed by atoms with Gasteiger partial charge in [0.05, 0.1) is 17.8 Å². The van der Waals surface area contributed by atoms with Gasteiger partial charge in [-0.15, -0.1) is 0 Å². The molecule has 1 saturated carbocycles.